The molecule has 0 saturated heterocycles. The molecule has 2 aliphatic rings. The van der Waals surface area contributed by atoms with Gasteiger partial charge in [0, 0.05) is 14.5 Å². The minimum absolute atomic E-state index is 0.470. The van der Waals surface area contributed by atoms with Crippen LogP contribution in [0.25, 0.3) is 16.7 Å². The molecular weight excluding hydrogens is 500 g/mol. The summed E-state index contributed by atoms with van der Waals surface area (Å²) in [6.45, 7) is 5.10. The molecule has 29 heavy (non-hydrogen) atoms. The summed E-state index contributed by atoms with van der Waals surface area (Å²) < 4.78 is 2.34. The SMILES string of the molecule is C[Si](C)(C1=CC(c2ccccc2)=CC1)C1c2cc(Br)ccc2-c2ccc(Br)cc21. The number of benzene rings is 3. The summed E-state index contributed by atoms with van der Waals surface area (Å²) in [7, 11) is -1.79. The topological polar surface area (TPSA) is 0 Å². The van der Waals surface area contributed by atoms with E-state index in [9.17, 15) is 0 Å². The largest absolute Gasteiger partial charge is 0.0881 e. The summed E-state index contributed by atoms with van der Waals surface area (Å²) in [5.74, 6) is 0. The minimum Gasteiger partial charge on any atom is -0.0755 e. The number of hydrogen-bond acceptors (Lipinski definition) is 0. The molecule has 0 atom stereocenters. The van der Waals surface area contributed by atoms with E-state index in [4.69, 9.17) is 0 Å². The van der Waals surface area contributed by atoms with Crippen molar-refractivity contribution in [2.45, 2.75) is 25.1 Å². The van der Waals surface area contributed by atoms with Gasteiger partial charge in [-0.2, -0.15) is 0 Å². The normalized spacial score (nSPS) is 15.7. The van der Waals surface area contributed by atoms with Crippen LogP contribution in [-0.4, -0.2) is 8.07 Å². The van der Waals surface area contributed by atoms with E-state index in [0.717, 1.165) is 6.42 Å². The van der Waals surface area contributed by atoms with Gasteiger partial charge in [0.25, 0.3) is 0 Å². The van der Waals surface area contributed by atoms with E-state index in [1.54, 1.807) is 5.20 Å². The molecule has 0 spiro atoms. The highest BCUT2D eigenvalue weighted by atomic mass is 79.9. The lowest BCUT2D eigenvalue weighted by molar-refractivity contribution is 1.10. The Bertz CT molecular complexity index is 1120. The standard InChI is InChI=1S/C26H22Br2Si/c1-29(2,21-11-8-18(14-21)17-6-4-3-5-7-17)26-24-15-19(27)9-12-22(24)23-13-10-20(28)16-25(23)26/h3-10,12-16,26H,11H2,1-2H3. The van der Waals surface area contributed by atoms with Crippen molar-refractivity contribution in [3.63, 3.8) is 0 Å². The van der Waals surface area contributed by atoms with Gasteiger partial charge in [0.2, 0.25) is 0 Å². The maximum atomic E-state index is 3.72. The van der Waals surface area contributed by atoms with Gasteiger partial charge in [-0.3, -0.25) is 0 Å². The third-order valence-electron chi connectivity index (χ3n) is 6.47. The predicted molar refractivity (Wildman–Crippen MR) is 134 cm³/mol. The molecule has 0 radical (unpaired) electrons. The first kappa shape index (κ1) is 19.3. The second-order valence-electron chi connectivity index (χ2n) is 8.52. The molecular formula is C26H22Br2Si. The van der Waals surface area contributed by atoms with Crippen LogP contribution in [-0.2, 0) is 0 Å². The number of rotatable bonds is 3. The van der Waals surface area contributed by atoms with Crippen LogP contribution in [0.3, 0.4) is 0 Å². The minimum atomic E-state index is -1.79. The summed E-state index contributed by atoms with van der Waals surface area (Å²) in [5, 5.41) is 1.64. The molecule has 144 valence electrons. The van der Waals surface area contributed by atoms with Crippen molar-refractivity contribution in [3.8, 4) is 11.1 Å². The predicted octanol–water partition coefficient (Wildman–Crippen LogP) is 8.52. The van der Waals surface area contributed by atoms with E-state index in [1.807, 2.05) is 0 Å². The maximum Gasteiger partial charge on any atom is 0.0881 e. The monoisotopic (exact) mass is 520 g/mol. The van der Waals surface area contributed by atoms with Crippen LogP contribution in [0.5, 0.6) is 0 Å². The molecule has 0 unspecified atom stereocenters. The fraction of sp³-hybridized carbons (Fsp3) is 0.154. The van der Waals surface area contributed by atoms with Crippen LogP contribution in [0.1, 0.15) is 28.7 Å². The summed E-state index contributed by atoms with van der Waals surface area (Å²) in [6.07, 6.45) is 5.97. The van der Waals surface area contributed by atoms with Crippen LogP contribution >= 0.6 is 31.9 Å². The van der Waals surface area contributed by atoms with Crippen LogP contribution in [0.2, 0.25) is 13.1 Å². The van der Waals surface area contributed by atoms with E-state index in [1.165, 1.54) is 42.3 Å². The molecule has 0 fully saturated rings. The van der Waals surface area contributed by atoms with E-state index in [2.05, 4.69) is 124 Å². The molecule has 3 aromatic carbocycles. The van der Waals surface area contributed by atoms with E-state index in [-0.39, 0.29) is 0 Å². The zero-order valence-electron chi connectivity index (χ0n) is 16.5. The van der Waals surface area contributed by atoms with Gasteiger partial charge in [0.05, 0.1) is 8.07 Å². The van der Waals surface area contributed by atoms with Crippen LogP contribution in [0.15, 0.2) is 93.0 Å². The van der Waals surface area contributed by atoms with Gasteiger partial charge in [0.1, 0.15) is 0 Å². The van der Waals surface area contributed by atoms with Crippen molar-refractivity contribution in [1.29, 1.82) is 0 Å². The molecule has 5 rings (SSSR count). The van der Waals surface area contributed by atoms with Gasteiger partial charge in [-0.05, 0) is 64.1 Å². The van der Waals surface area contributed by atoms with E-state index >= 15 is 0 Å². The molecule has 0 nitrogen and oxygen atoms in total. The van der Waals surface area contributed by atoms with Crippen molar-refractivity contribution < 1.29 is 0 Å². The second-order valence-corrected chi connectivity index (χ2v) is 15.0. The smallest absolute Gasteiger partial charge is 0.0755 e. The van der Waals surface area contributed by atoms with Gasteiger partial charge in [-0.25, -0.2) is 0 Å². The van der Waals surface area contributed by atoms with Gasteiger partial charge in [-0.15, -0.1) is 0 Å². The fourth-order valence-corrected chi connectivity index (χ4v) is 9.29. The zero-order valence-corrected chi connectivity index (χ0v) is 20.7. The number of hydrogen-bond donors (Lipinski definition) is 0. The molecule has 0 bridgehead atoms. The second kappa shape index (κ2) is 7.23. The highest BCUT2D eigenvalue weighted by Gasteiger charge is 2.43. The average molecular weight is 522 g/mol. The Morgan fingerprint density at radius 2 is 1.38 bits per heavy atom. The van der Waals surface area contributed by atoms with Crippen molar-refractivity contribution in [1.82, 2.24) is 0 Å². The highest BCUT2D eigenvalue weighted by molar-refractivity contribution is 9.10. The first-order chi connectivity index (χ1) is 13.9. The van der Waals surface area contributed by atoms with Gasteiger partial charge < -0.3 is 0 Å². The first-order valence-electron chi connectivity index (χ1n) is 10.0. The van der Waals surface area contributed by atoms with Crippen molar-refractivity contribution in [2.75, 3.05) is 0 Å². The summed E-state index contributed by atoms with van der Waals surface area (Å²) in [5.41, 5.74) is 8.94. The zero-order chi connectivity index (χ0) is 20.2. The van der Waals surface area contributed by atoms with Crippen LogP contribution in [0.4, 0.5) is 0 Å². The molecule has 2 aliphatic carbocycles. The summed E-state index contributed by atoms with van der Waals surface area (Å²) in [6, 6.07) is 24.4. The Labute approximate surface area is 190 Å². The van der Waals surface area contributed by atoms with Crippen molar-refractivity contribution in [2.24, 2.45) is 0 Å². The van der Waals surface area contributed by atoms with Gasteiger partial charge in [0.15, 0.2) is 0 Å². The Balaban J connectivity index is 1.62. The molecule has 0 heterocycles. The maximum absolute atomic E-state index is 3.72. The third kappa shape index (κ3) is 3.24. The van der Waals surface area contributed by atoms with E-state index < -0.39 is 8.07 Å². The molecule has 0 amide bonds. The lowest BCUT2D eigenvalue weighted by atomic mass is 10.1. The van der Waals surface area contributed by atoms with Crippen molar-refractivity contribution in [3.05, 3.63) is 110 Å². The third-order valence-corrected chi connectivity index (χ3v) is 11.5. The molecule has 0 aromatic heterocycles. The molecule has 0 saturated carbocycles. The lowest BCUT2D eigenvalue weighted by Crippen LogP contribution is -2.37. The van der Waals surface area contributed by atoms with Gasteiger partial charge in [-0.1, -0.05) is 105 Å². The van der Waals surface area contributed by atoms with Crippen molar-refractivity contribution >= 4 is 45.5 Å². The Hall–Kier alpha value is -1.68. The summed E-state index contributed by atoms with van der Waals surface area (Å²) in [4.78, 5) is 0. The quantitative estimate of drug-likeness (QED) is 0.303. The molecule has 0 N–H and O–H groups in total. The number of fused-ring (bicyclic) bond motifs is 3. The van der Waals surface area contributed by atoms with Gasteiger partial charge >= 0.3 is 0 Å². The Morgan fingerprint density at radius 1 is 0.793 bits per heavy atom. The molecule has 3 heteroatoms. The number of halogens is 2. The Morgan fingerprint density at radius 3 is 1.97 bits per heavy atom. The average Bonchev–Trinajstić information content (AvgIpc) is 3.31. The Kier molecular flexibility index (Phi) is 4.81. The highest BCUT2D eigenvalue weighted by Crippen LogP contribution is 2.53. The lowest BCUT2D eigenvalue weighted by Gasteiger charge is -2.33. The fourth-order valence-electron chi connectivity index (χ4n) is 4.97. The number of allylic oxidation sites excluding steroid dienone is 4. The van der Waals surface area contributed by atoms with Crippen LogP contribution < -0.4 is 0 Å². The van der Waals surface area contributed by atoms with E-state index in [0.29, 0.717) is 5.54 Å². The van der Waals surface area contributed by atoms with Crippen LogP contribution in [0, 0.1) is 0 Å². The first-order valence-corrected chi connectivity index (χ1v) is 14.7. The molecule has 3 aromatic rings. The molecule has 0 aliphatic heterocycles. The summed E-state index contributed by atoms with van der Waals surface area (Å²) >= 11 is 7.45.